The first kappa shape index (κ1) is 11.0. The Morgan fingerprint density at radius 2 is 0.857 bits per heavy atom. The SMILES string of the molecule is OP(O)P(O)O.[P]. The molecule has 0 spiro atoms. The number of hydrogen-bond donors (Lipinski definition) is 4. The van der Waals surface area contributed by atoms with Gasteiger partial charge in [0.05, 0.1) is 0 Å². The summed E-state index contributed by atoms with van der Waals surface area (Å²) in [6.07, 6.45) is 0. The molecule has 0 aromatic rings. The molecule has 0 aliphatic heterocycles. The Morgan fingerprint density at radius 1 is 0.714 bits per heavy atom. The van der Waals surface area contributed by atoms with Gasteiger partial charge in [-0.05, 0) is 0 Å². The summed E-state index contributed by atoms with van der Waals surface area (Å²) in [7, 11) is -4.97. The lowest BCUT2D eigenvalue weighted by Gasteiger charge is -1.97. The van der Waals surface area contributed by atoms with Gasteiger partial charge in [-0.3, -0.25) is 0 Å². The second kappa shape index (κ2) is 5.27. The molecule has 0 aliphatic carbocycles. The molecule has 0 bridgehead atoms. The Bertz CT molecular complexity index is 27.9. The van der Waals surface area contributed by atoms with Crippen LogP contribution in [0.5, 0.6) is 0 Å². The van der Waals surface area contributed by atoms with Crippen molar-refractivity contribution < 1.29 is 19.6 Å². The highest BCUT2D eigenvalue weighted by Crippen LogP contribution is 2.56. The Balaban J connectivity index is 0. The van der Waals surface area contributed by atoms with E-state index in [0.717, 1.165) is 0 Å². The third-order valence-corrected chi connectivity index (χ3v) is 1.44. The highest BCUT2D eigenvalue weighted by molar-refractivity contribution is 8.19. The van der Waals surface area contributed by atoms with E-state index < -0.39 is 16.1 Å². The molecule has 7 heteroatoms. The largest absolute Gasteiger partial charge is 0.344 e. The smallest absolute Gasteiger partial charge is 0.250 e. The third-order valence-electron chi connectivity index (χ3n) is 0.160. The van der Waals surface area contributed by atoms with E-state index in [0.29, 0.717) is 0 Å². The van der Waals surface area contributed by atoms with Crippen molar-refractivity contribution in [2.75, 3.05) is 0 Å². The Kier molecular flexibility index (Phi) is 8.28. The van der Waals surface area contributed by atoms with Crippen molar-refractivity contribution in [3.63, 3.8) is 0 Å². The second-order valence-electron chi connectivity index (χ2n) is 0.537. The van der Waals surface area contributed by atoms with Gasteiger partial charge in [-0.25, -0.2) is 0 Å². The van der Waals surface area contributed by atoms with Crippen LogP contribution in [-0.4, -0.2) is 19.6 Å². The van der Waals surface area contributed by atoms with Crippen LogP contribution in [0.1, 0.15) is 0 Å². The fraction of sp³-hybridized carbons (Fsp3) is 0. The first-order valence-corrected chi connectivity index (χ1v) is 4.20. The molecule has 0 rings (SSSR count). The summed E-state index contributed by atoms with van der Waals surface area (Å²) in [6.45, 7) is 0. The lowest BCUT2D eigenvalue weighted by Crippen LogP contribution is -1.63. The van der Waals surface area contributed by atoms with Gasteiger partial charge >= 0.3 is 0 Å². The standard InChI is InChI=1S/H4O4P2.P/c1-5(2)6(3)4;/h1-4H;. The summed E-state index contributed by atoms with van der Waals surface area (Å²) in [4.78, 5) is 31.1. The summed E-state index contributed by atoms with van der Waals surface area (Å²) in [5.74, 6) is 0. The molecule has 0 aliphatic rings. The third kappa shape index (κ3) is 7.13. The van der Waals surface area contributed by atoms with E-state index in [-0.39, 0.29) is 9.90 Å². The monoisotopic (exact) mass is 161 g/mol. The molecule has 0 saturated carbocycles. The zero-order valence-corrected chi connectivity index (χ0v) is 5.81. The van der Waals surface area contributed by atoms with Gasteiger partial charge in [0.2, 0.25) is 0 Å². The molecule has 0 saturated heterocycles. The maximum Gasteiger partial charge on any atom is 0.250 e. The van der Waals surface area contributed by atoms with Crippen LogP contribution < -0.4 is 0 Å². The van der Waals surface area contributed by atoms with Crippen molar-refractivity contribution >= 4 is 26.0 Å². The zero-order valence-electron chi connectivity index (χ0n) is 3.13. The van der Waals surface area contributed by atoms with Gasteiger partial charge < -0.3 is 19.6 Å². The fourth-order valence-electron chi connectivity index (χ4n) is 0. The van der Waals surface area contributed by atoms with E-state index in [2.05, 4.69) is 0 Å². The minimum Gasteiger partial charge on any atom is -0.344 e. The maximum atomic E-state index is 7.78. The van der Waals surface area contributed by atoms with Crippen LogP contribution in [0.2, 0.25) is 0 Å². The lowest BCUT2D eigenvalue weighted by molar-refractivity contribution is 0.457. The quantitative estimate of drug-likeness (QED) is 0.418. The summed E-state index contributed by atoms with van der Waals surface area (Å²) >= 11 is 0. The first-order valence-electron chi connectivity index (χ1n) is 1.000. The molecule has 43 valence electrons. The van der Waals surface area contributed by atoms with Crippen LogP contribution in [-0.2, 0) is 0 Å². The van der Waals surface area contributed by atoms with Gasteiger partial charge in [-0.2, -0.15) is 0 Å². The van der Waals surface area contributed by atoms with Crippen LogP contribution in [0.15, 0.2) is 0 Å². The Morgan fingerprint density at radius 3 is 0.857 bits per heavy atom. The van der Waals surface area contributed by atoms with Crippen molar-refractivity contribution in [2.45, 2.75) is 0 Å². The van der Waals surface area contributed by atoms with Crippen molar-refractivity contribution in [3.05, 3.63) is 0 Å². The van der Waals surface area contributed by atoms with E-state index in [9.17, 15) is 0 Å². The molecule has 4 N–H and O–H groups in total. The van der Waals surface area contributed by atoms with E-state index in [1.807, 2.05) is 0 Å². The van der Waals surface area contributed by atoms with Crippen LogP contribution in [0.4, 0.5) is 0 Å². The number of rotatable bonds is 1. The summed E-state index contributed by atoms with van der Waals surface area (Å²) in [5, 5.41) is 0. The van der Waals surface area contributed by atoms with E-state index in [1.54, 1.807) is 0 Å². The molecule has 0 amide bonds. The highest BCUT2D eigenvalue weighted by atomic mass is 32.1. The molecule has 0 fully saturated rings. The molecule has 0 aromatic carbocycles. The van der Waals surface area contributed by atoms with Crippen LogP contribution in [0.3, 0.4) is 0 Å². The van der Waals surface area contributed by atoms with E-state index in [1.165, 1.54) is 0 Å². The summed E-state index contributed by atoms with van der Waals surface area (Å²) in [5.41, 5.74) is 0. The average molecular weight is 161 g/mol. The van der Waals surface area contributed by atoms with E-state index in [4.69, 9.17) is 19.6 Å². The topological polar surface area (TPSA) is 80.9 Å². The lowest BCUT2D eigenvalue weighted by atomic mass is 15.9. The van der Waals surface area contributed by atoms with Crippen LogP contribution in [0, 0.1) is 0 Å². The average Bonchev–Trinajstić information content (AvgIpc) is 1.36. The van der Waals surface area contributed by atoms with Gasteiger partial charge in [0.1, 0.15) is 0 Å². The second-order valence-corrected chi connectivity index (χ2v) is 3.76. The zero-order chi connectivity index (χ0) is 5.15. The van der Waals surface area contributed by atoms with Gasteiger partial charge in [0.25, 0.3) is 16.1 Å². The molecule has 0 heterocycles. The predicted molar refractivity (Wildman–Crippen MR) is 29.6 cm³/mol. The first-order chi connectivity index (χ1) is 2.64. The van der Waals surface area contributed by atoms with Gasteiger partial charge in [0.15, 0.2) is 0 Å². The van der Waals surface area contributed by atoms with Gasteiger partial charge in [-0.1, -0.05) is 0 Å². The van der Waals surface area contributed by atoms with Crippen LogP contribution in [0.25, 0.3) is 0 Å². The maximum absolute atomic E-state index is 7.78. The minimum absolute atomic E-state index is 0. The molecule has 0 aromatic heterocycles. The Labute approximate surface area is 46.5 Å². The molecular weight excluding hydrogens is 157 g/mol. The van der Waals surface area contributed by atoms with Crippen molar-refractivity contribution in [1.29, 1.82) is 0 Å². The number of hydrogen-bond acceptors (Lipinski definition) is 4. The van der Waals surface area contributed by atoms with Crippen molar-refractivity contribution in [2.24, 2.45) is 0 Å². The molecule has 3 radical (unpaired) electrons. The van der Waals surface area contributed by atoms with Gasteiger partial charge in [0, 0.05) is 9.90 Å². The molecule has 4 nitrogen and oxygen atoms in total. The predicted octanol–water partition coefficient (Wildman–Crippen LogP) is 0.356. The molecule has 7 heavy (non-hydrogen) atoms. The molecular formula is H4O4P3. The molecule has 0 atom stereocenters. The highest BCUT2D eigenvalue weighted by Gasteiger charge is 2.08. The summed E-state index contributed by atoms with van der Waals surface area (Å²) < 4.78 is 0. The fourth-order valence-corrected chi connectivity index (χ4v) is 0. The molecule has 0 unspecified atom stereocenters. The van der Waals surface area contributed by atoms with Crippen LogP contribution >= 0.6 is 26.0 Å². The normalized spacial score (nSPS) is 9.43. The van der Waals surface area contributed by atoms with Crippen molar-refractivity contribution in [3.8, 4) is 0 Å². The van der Waals surface area contributed by atoms with Gasteiger partial charge in [-0.15, -0.1) is 0 Å². The minimum atomic E-state index is -2.48. The summed E-state index contributed by atoms with van der Waals surface area (Å²) in [6, 6.07) is 0. The van der Waals surface area contributed by atoms with Crippen molar-refractivity contribution in [1.82, 2.24) is 0 Å². The Hall–Kier alpha value is 1.13. The van der Waals surface area contributed by atoms with E-state index >= 15 is 0 Å².